The van der Waals surface area contributed by atoms with Gasteiger partial charge in [0.25, 0.3) is 0 Å². The van der Waals surface area contributed by atoms with Crippen LogP contribution in [0.4, 0.5) is 10.2 Å². The summed E-state index contributed by atoms with van der Waals surface area (Å²) in [6, 6.07) is 8.26. The van der Waals surface area contributed by atoms with Crippen LogP contribution < -0.4 is 15.3 Å². The van der Waals surface area contributed by atoms with Crippen LogP contribution in [-0.4, -0.2) is 62.0 Å². The fraction of sp³-hybridized carbons (Fsp3) is 0.375. The molecule has 0 aliphatic carbocycles. The van der Waals surface area contributed by atoms with Gasteiger partial charge in [0.2, 0.25) is 5.91 Å². The van der Waals surface area contributed by atoms with Gasteiger partial charge in [0, 0.05) is 60.7 Å². The van der Waals surface area contributed by atoms with Crippen molar-refractivity contribution in [3.63, 3.8) is 0 Å². The van der Waals surface area contributed by atoms with E-state index in [-0.39, 0.29) is 59.4 Å². The zero-order chi connectivity index (χ0) is 30.6. The molecular formula is C32H33ClFN5O4. The molecule has 6 rings (SSSR count). The number of piperazine rings is 1. The van der Waals surface area contributed by atoms with Crippen molar-refractivity contribution in [2.24, 2.45) is 0 Å². The van der Waals surface area contributed by atoms with E-state index in [9.17, 15) is 14.7 Å². The second kappa shape index (κ2) is 11.1. The predicted octanol–water partition coefficient (Wildman–Crippen LogP) is 5.28. The highest BCUT2D eigenvalue weighted by molar-refractivity contribution is 6.18. The molecule has 4 aromatic rings. The van der Waals surface area contributed by atoms with Crippen LogP contribution >= 0.6 is 11.6 Å². The third-order valence-electron chi connectivity index (χ3n) is 8.31. The monoisotopic (exact) mass is 605 g/mol. The first-order valence-corrected chi connectivity index (χ1v) is 14.9. The molecule has 0 saturated carbocycles. The van der Waals surface area contributed by atoms with E-state index in [1.807, 2.05) is 32.6 Å². The number of phenolic OH excluding ortho intramolecular Hbond substituents is 1. The van der Waals surface area contributed by atoms with Gasteiger partial charge in [-0.05, 0) is 43.5 Å². The number of carbonyl (C=O) groups is 1. The molecule has 0 bridgehead atoms. The molecule has 2 aromatic carbocycles. The molecule has 224 valence electrons. The molecule has 43 heavy (non-hydrogen) atoms. The average molecular weight is 606 g/mol. The number of hydrogen-bond donors (Lipinski definition) is 1. The number of aryl methyl sites for hydroxylation is 1. The van der Waals surface area contributed by atoms with E-state index in [4.69, 9.17) is 16.3 Å². The highest BCUT2D eigenvalue weighted by atomic mass is 35.5. The first-order valence-electron chi connectivity index (χ1n) is 14.4. The molecule has 9 nitrogen and oxygen atoms in total. The van der Waals surface area contributed by atoms with Crippen molar-refractivity contribution in [3.8, 4) is 28.3 Å². The summed E-state index contributed by atoms with van der Waals surface area (Å²) in [6.07, 6.45) is 1.92. The van der Waals surface area contributed by atoms with Crippen LogP contribution in [0.3, 0.4) is 0 Å². The maximum atomic E-state index is 17.2. The van der Waals surface area contributed by atoms with Gasteiger partial charge < -0.3 is 19.6 Å². The number of ether oxygens (including phenoxy) is 1. The Kier molecular flexibility index (Phi) is 7.50. The Hall–Kier alpha value is -4.18. The maximum absolute atomic E-state index is 17.2. The zero-order valence-electron chi connectivity index (χ0n) is 24.5. The molecule has 0 unspecified atom stereocenters. The first-order chi connectivity index (χ1) is 20.6. The number of nitrogens with zero attached hydrogens (tertiary/aromatic N) is 5. The number of halogens is 2. The minimum atomic E-state index is -0.697. The van der Waals surface area contributed by atoms with Gasteiger partial charge in [-0.15, -0.1) is 11.6 Å². The van der Waals surface area contributed by atoms with Crippen molar-refractivity contribution in [3.05, 3.63) is 69.7 Å². The lowest BCUT2D eigenvalue weighted by Gasteiger charge is -2.41. The zero-order valence-corrected chi connectivity index (χ0v) is 25.3. The first kappa shape index (κ1) is 28.9. The number of pyridine rings is 1. The molecule has 1 atom stereocenters. The molecule has 1 fully saturated rings. The van der Waals surface area contributed by atoms with Crippen molar-refractivity contribution in [2.45, 2.75) is 52.7 Å². The van der Waals surface area contributed by atoms with Crippen LogP contribution in [0.1, 0.15) is 49.9 Å². The summed E-state index contributed by atoms with van der Waals surface area (Å²) >= 11 is 5.81. The lowest BCUT2D eigenvalue weighted by Crippen LogP contribution is -2.54. The number of alkyl halides is 1. The van der Waals surface area contributed by atoms with Crippen LogP contribution in [0.2, 0.25) is 0 Å². The van der Waals surface area contributed by atoms with E-state index in [0.29, 0.717) is 53.3 Å². The van der Waals surface area contributed by atoms with E-state index >= 15 is 4.39 Å². The summed E-state index contributed by atoms with van der Waals surface area (Å²) in [5.74, 6) is -0.0592. The standard InChI is InChI=1S/C32H33ClFN5O4/c1-17(2)28-29(18(3)9-11-35-28)39-30-21(14-23-26(27(30)34)25-20(16-43-23)6-5-7-22(25)40)31(36-32(39)42)38-13-12-37(15-19(38)4)24(41)8-10-33/h5-7,9,11,14,17,19,40H,8,10,12-13,15-16H2,1-4H3/t19-/m0/s1. The van der Waals surface area contributed by atoms with Gasteiger partial charge in [-0.25, -0.2) is 9.18 Å². The topological polar surface area (TPSA) is 101 Å². The number of aromatic nitrogens is 3. The molecule has 1 amide bonds. The molecule has 2 aromatic heterocycles. The normalized spacial score (nSPS) is 16.3. The molecule has 2 aliphatic heterocycles. The van der Waals surface area contributed by atoms with Gasteiger partial charge in [-0.1, -0.05) is 26.0 Å². The van der Waals surface area contributed by atoms with E-state index in [2.05, 4.69) is 9.97 Å². The van der Waals surface area contributed by atoms with E-state index in [1.54, 1.807) is 35.4 Å². The number of amides is 1. The molecular weight excluding hydrogens is 573 g/mol. The fourth-order valence-corrected chi connectivity index (χ4v) is 6.41. The highest BCUT2D eigenvalue weighted by Crippen LogP contribution is 2.47. The Morgan fingerprint density at radius 3 is 2.74 bits per heavy atom. The van der Waals surface area contributed by atoms with Crippen LogP contribution in [0.5, 0.6) is 11.5 Å². The van der Waals surface area contributed by atoms with Crippen LogP contribution in [0, 0.1) is 12.7 Å². The Morgan fingerprint density at radius 1 is 1.23 bits per heavy atom. The Balaban J connectivity index is 1.65. The lowest BCUT2D eigenvalue weighted by molar-refractivity contribution is -0.131. The van der Waals surface area contributed by atoms with Crippen LogP contribution in [0.25, 0.3) is 27.7 Å². The molecule has 0 spiro atoms. The van der Waals surface area contributed by atoms with E-state index < -0.39 is 11.5 Å². The van der Waals surface area contributed by atoms with Gasteiger partial charge in [0.05, 0.1) is 22.5 Å². The van der Waals surface area contributed by atoms with Gasteiger partial charge >= 0.3 is 5.69 Å². The second-order valence-electron chi connectivity index (χ2n) is 11.5. The molecule has 1 saturated heterocycles. The molecule has 2 aliphatic rings. The summed E-state index contributed by atoms with van der Waals surface area (Å²) in [4.78, 5) is 39.5. The summed E-state index contributed by atoms with van der Waals surface area (Å²) < 4.78 is 24.6. The number of benzene rings is 2. The third-order valence-corrected chi connectivity index (χ3v) is 8.50. The SMILES string of the molecule is Cc1ccnc(C(C)C)c1-n1c(=O)nc(N2CCN(C(=O)CCCl)C[C@@H]2C)c2cc3c(c(F)c21)-c1c(O)cccc1CO3. The van der Waals surface area contributed by atoms with Crippen molar-refractivity contribution in [2.75, 3.05) is 30.4 Å². The van der Waals surface area contributed by atoms with Gasteiger partial charge in [-0.3, -0.25) is 14.3 Å². The quantitative estimate of drug-likeness (QED) is 0.309. The van der Waals surface area contributed by atoms with Gasteiger partial charge in [-0.2, -0.15) is 4.98 Å². The maximum Gasteiger partial charge on any atom is 0.354 e. The highest BCUT2D eigenvalue weighted by Gasteiger charge is 2.34. The summed E-state index contributed by atoms with van der Waals surface area (Å²) in [5, 5.41) is 11.2. The number of phenols is 1. The second-order valence-corrected chi connectivity index (χ2v) is 11.8. The Bertz CT molecular complexity index is 1820. The third kappa shape index (κ3) is 4.77. The number of aromatic hydroxyl groups is 1. The number of hydrogen-bond acceptors (Lipinski definition) is 7. The molecule has 1 N–H and O–H groups in total. The fourth-order valence-electron chi connectivity index (χ4n) is 6.25. The number of rotatable bonds is 5. The largest absolute Gasteiger partial charge is 0.507 e. The minimum Gasteiger partial charge on any atom is -0.507 e. The Labute approximate surface area is 253 Å². The smallest absolute Gasteiger partial charge is 0.354 e. The Morgan fingerprint density at radius 2 is 2.02 bits per heavy atom. The van der Waals surface area contributed by atoms with Crippen LogP contribution in [-0.2, 0) is 11.4 Å². The molecule has 4 heterocycles. The number of fused-ring (bicyclic) bond motifs is 4. The van der Waals surface area contributed by atoms with Crippen molar-refractivity contribution in [1.29, 1.82) is 0 Å². The van der Waals surface area contributed by atoms with Crippen LogP contribution in [0.15, 0.2) is 41.3 Å². The minimum absolute atomic E-state index is 0.0271. The average Bonchev–Trinajstić information content (AvgIpc) is 2.97. The van der Waals surface area contributed by atoms with Gasteiger partial charge in [0.15, 0.2) is 5.82 Å². The van der Waals surface area contributed by atoms with E-state index in [1.165, 1.54) is 10.6 Å². The molecule has 11 heteroatoms. The number of carbonyl (C=O) groups excluding carboxylic acids is 1. The van der Waals surface area contributed by atoms with E-state index in [0.717, 1.165) is 5.56 Å². The van der Waals surface area contributed by atoms with Crippen molar-refractivity contribution in [1.82, 2.24) is 19.4 Å². The number of anilines is 1. The summed E-state index contributed by atoms with van der Waals surface area (Å²) in [6.45, 7) is 9.10. The lowest BCUT2D eigenvalue weighted by atomic mass is 9.93. The van der Waals surface area contributed by atoms with Crippen molar-refractivity contribution >= 4 is 34.2 Å². The van der Waals surface area contributed by atoms with Gasteiger partial charge in [0.1, 0.15) is 23.9 Å². The summed E-state index contributed by atoms with van der Waals surface area (Å²) in [7, 11) is 0. The predicted molar refractivity (Wildman–Crippen MR) is 164 cm³/mol. The molecule has 0 radical (unpaired) electrons. The van der Waals surface area contributed by atoms with Crippen molar-refractivity contribution < 1.29 is 19.0 Å². The summed E-state index contributed by atoms with van der Waals surface area (Å²) in [5.41, 5.74) is 2.30.